The molecule has 1 aliphatic rings. The highest BCUT2D eigenvalue weighted by atomic mass is 16.5. The second-order valence-electron chi connectivity index (χ2n) is 4.51. The summed E-state index contributed by atoms with van der Waals surface area (Å²) in [6, 6.07) is 5.57. The minimum absolute atomic E-state index is 0.0159. The van der Waals surface area contributed by atoms with Gasteiger partial charge in [0.1, 0.15) is 5.75 Å². The number of aliphatic carboxylic acids is 1. The summed E-state index contributed by atoms with van der Waals surface area (Å²) in [4.78, 5) is 10.5. The van der Waals surface area contributed by atoms with Gasteiger partial charge in [-0.05, 0) is 36.5 Å². The highest BCUT2D eigenvalue weighted by Crippen LogP contribution is 2.38. The van der Waals surface area contributed by atoms with Gasteiger partial charge in [0.15, 0.2) is 6.61 Å². The first-order chi connectivity index (χ1) is 8.63. The molecule has 0 heterocycles. The van der Waals surface area contributed by atoms with E-state index in [0.29, 0.717) is 25.0 Å². The molecule has 1 radical (unpaired) electrons. The number of aliphatic hydroxyl groups excluding tert-OH is 1. The first kappa shape index (κ1) is 12.9. The van der Waals surface area contributed by atoms with Crippen molar-refractivity contribution in [1.29, 1.82) is 0 Å². The molecule has 0 aliphatic heterocycles. The lowest BCUT2D eigenvalue weighted by atomic mass is 9.79. The van der Waals surface area contributed by atoms with E-state index in [4.69, 9.17) is 9.84 Å². The van der Waals surface area contributed by atoms with E-state index >= 15 is 0 Å². The van der Waals surface area contributed by atoms with E-state index in [1.54, 1.807) is 6.07 Å². The zero-order valence-corrected chi connectivity index (χ0v) is 10.1. The number of fused-ring (bicyclic) bond motifs is 1. The van der Waals surface area contributed by atoms with Crippen LogP contribution < -0.4 is 4.74 Å². The molecule has 0 amide bonds. The molecule has 2 atom stereocenters. The number of hydrogen-bond donors (Lipinski definition) is 2. The minimum atomic E-state index is -0.989. The van der Waals surface area contributed by atoms with Gasteiger partial charge in [0, 0.05) is 5.92 Å². The number of carboxylic acid groups (broad SMARTS) is 1. The smallest absolute Gasteiger partial charge is 0.341 e. The zero-order chi connectivity index (χ0) is 13.1. The maximum Gasteiger partial charge on any atom is 0.341 e. The molecule has 0 fully saturated rings. The number of ether oxygens (including phenoxy) is 1. The molecule has 0 bridgehead atoms. The van der Waals surface area contributed by atoms with E-state index in [9.17, 15) is 9.90 Å². The van der Waals surface area contributed by atoms with Crippen molar-refractivity contribution >= 4 is 5.97 Å². The lowest BCUT2D eigenvalue weighted by Crippen LogP contribution is -2.25. The molecule has 18 heavy (non-hydrogen) atoms. The number of carbonyl (C=O) groups is 1. The van der Waals surface area contributed by atoms with Crippen LogP contribution in [0, 0.1) is 6.92 Å². The predicted molar refractivity (Wildman–Crippen MR) is 66.6 cm³/mol. The van der Waals surface area contributed by atoms with Crippen molar-refractivity contribution in [2.45, 2.75) is 31.3 Å². The van der Waals surface area contributed by atoms with Gasteiger partial charge in [-0.1, -0.05) is 19.1 Å². The number of hydrogen-bond acceptors (Lipinski definition) is 3. The highest BCUT2D eigenvalue weighted by Gasteiger charge is 2.28. The third-order valence-corrected chi connectivity index (χ3v) is 3.39. The van der Waals surface area contributed by atoms with E-state index in [1.165, 1.54) is 0 Å². The SMILES string of the molecule is [CH2]CC1c2cccc(OCC(=O)O)c2CCC1O. The number of rotatable bonds is 4. The Bertz CT molecular complexity index is 441. The summed E-state index contributed by atoms with van der Waals surface area (Å²) >= 11 is 0. The molecule has 4 heteroatoms. The first-order valence-corrected chi connectivity index (χ1v) is 6.07. The van der Waals surface area contributed by atoms with Gasteiger partial charge in [-0.15, -0.1) is 0 Å². The molecule has 0 spiro atoms. The standard InChI is InChI=1S/C14H17O4/c1-2-9-10-4-3-5-13(18-8-14(16)17)11(10)6-7-12(9)15/h3-5,9,12,15H,1-2,6-8H2,(H,16,17). The molecule has 1 aromatic rings. The van der Waals surface area contributed by atoms with Gasteiger partial charge in [0.2, 0.25) is 0 Å². The normalized spacial score (nSPS) is 22.3. The molecule has 2 N–H and O–H groups in total. The van der Waals surface area contributed by atoms with Crippen LogP contribution in [0.3, 0.4) is 0 Å². The second-order valence-corrected chi connectivity index (χ2v) is 4.51. The summed E-state index contributed by atoms with van der Waals surface area (Å²) in [6.45, 7) is 3.53. The fourth-order valence-corrected chi connectivity index (χ4v) is 2.52. The van der Waals surface area contributed by atoms with Crippen LogP contribution in [0.25, 0.3) is 0 Å². The Morgan fingerprint density at radius 2 is 2.28 bits per heavy atom. The minimum Gasteiger partial charge on any atom is -0.482 e. The van der Waals surface area contributed by atoms with Crippen molar-refractivity contribution in [3.05, 3.63) is 36.2 Å². The Hall–Kier alpha value is -1.55. The number of carboxylic acids is 1. The third kappa shape index (κ3) is 2.48. The topological polar surface area (TPSA) is 66.8 Å². The molecule has 4 nitrogen and oxygen atoms in total. The van der Waals surface area contributed by atoms with Crippen LogP contribution in [0.4, 0.5) is 0 Å². The van der Waals surface area contributed by atoms with Crippen LogP contribution in [0.5, 0.6) is 5.75 Å². The monoisotopic (exact) mass is 249 g/mol. The zero-order valence-electron chi connectivity index (χ0n) is 10.1. The lowest BCUT2D eigenvalue weighted by Gasteiger charge is -2.30. The molecule has 2 rings (SSSR count). The van der Waals surface area contributed by atoms with Gasteiger partial charge in [0.25, 0.3) is 0 Å². The van der Waals surface area contributed by atoms with Gasteiger partial charge in [0.05, 0.1) is 6.10 Å². The molecule has 0 saturated heterocycles. The Labute approximate surface area is 106 Å². The second kappa shape index (κ2) is 5.40. The average molecular weight is 249 g/mol. The summed E-state index contributed by atoms with van der Waals surface area (Å²) < 4.78 is 5.29. The molecule has 1 aromatic carbocycles. The van der Waals surface area contributed by atoms with E-state index < -0.39 is 5.97 Å². The van der Waals surface area contributed by atoms with Crippen molar-refractivity contribution in [2.75, 3.05) is 6.61 Å². The van der Waals surface area contributed by atoms with E-state index in [1.807, 2.05) is 12.1 Å². The molecule has 0 saturated carbocycles. The summed E-state index contributed by atoms with van der Waals surface area (Å²) in [5.41, 5.74) is 2.05. The van der Waals surface area contributed by atoms with Crippen LogP contribution in [0.1, 0.15) is 29.9 Å². The maximum absolute atomic E-state index is 10.5. The summed E-state index contributed by atoms with van der Waals surface area (Å²) in [6.07, 6.45) is 1.63. The molecule has 2 unspecified atom stereocenters. The number of benzene rings is 1. The van der Waals surface area contributed by atoms with Gasteiger partial charge >= 0.3 is 5.97 Å². The molecule has 1 aliphatic carbocycles. The quantitative estimate of drug-likeness (QED) is 0.853. The lowest BCUT2D eigenvalue weighted by molar-refractivity contribution is -0.139. The van der Waals surface area contributed by atoms with Crippen LogP contribution >= 0.6 is 0 Å². The molecular weight excluding hydrogens is 232 g/mol. The Morgan fingerprint density at radius 3 is 2.94 bits per heavy atom. The van der Waals surface area contributed by atoms with Crippen molar-refractivity contribution < 1.29 is 19.7 Å². The molecule has 0 aromatic heterocycles. The third-order valence-electron chi connectivity index (χ3n) is 3.39. The van der Waals surface area contributed by atoms with E-state index in [-0.39, 0.29) is 18.6 Å². The van der Waals surface area contributed by atoms with Crippen LogP contribution in [-0.2, 0) is 11.2 Å². The number of aliphatic hydroxyl groups is 1. The van der Waals surface area contributed by atoms with Crippen molar-refractivity contribution in [2.24, 2.45) is 0 Å². The van der Waals surface area contributed by atoms with Crippen LogP contribution in [0.15, 0.2) is 18.2 Å². The van der Waals surface area contributed by atoms with Crippen LogP contribution in [0.2, 0.25) is 0 Å². The largest absolute Gasteiger partial charge is 0.482 e. The van der Waals surface area contributed by atoms with Crippen LogP contribution in [-0.4, -0.2) is 28.9 Å². The van der Waals surface area contributed by atoms with Gasteiger partial charge in [-0.25, -0.2) is 4.79 Å². The summed E-state index contributed by atoms with van der Waals surface area (Å²) in [7, 11) is 0. The Kier molecular flexibility index (Phi) is 3.87. The van der Waals surface area contributed by atoms with E-state index in [0.717, 1.165) is 11.1 Å². The Balaban J connectivity index is 2.29. The maximum atomic E-state index is 10.5. The van der Waals surface area contributed by atoms with Crippen molar-refractivity contribution in [3.8, 4) is 5.75 Å². The fourth-order valence-electron chi connectivity index (χ4n) is 2.52. The summed E-state index contributed by atoms with van der Waals surface area (Å²) in [5.74, 6) is -0.362. The van der Waals surface area contributed by atoms with Gasteiger partial charge in [-0.2, -0.15) is 0 Å². The first-order valence-electron chi connectivity index (χ1n) is 6.07. The fraction of sp³-hybridized carbons (Fsp3) is 0.429. The van der Waals surface area contributed by atoms with Crippen molar-refractivity contribution in [1.82, 2.24) is 0 Å². The summed E-state index contributed by atoms with van der Waals surface area (Å²) in [5, 5.41) is 18.6. The average Bonchev–Trinajstić information content (AvgIpc) is 2.35. The Morgan fingerprint density at radius 1 is 1.50 bits per heavy atom. The molecule has 97 valence electrons. The predicted octanol–water partition coefficient (Wildman–Crippen LogP) is 1.76. The van der Waals surface area contributed by atoms with Gasteiger partial charge in [-0.3, -0.25) is 0 Å². The van der Waals surface area contributed by atoms with E-state index in [2.05, 4.69) is 6.92 Å². The highest BCUT2D eigenvalue weighted by molar-refractivity contribution is 5.68. The molecular formula is C14H17O4. The van der Waals surface area contributed by atoms with Crippen molar-refractivity contribution in [3.63, 3.8) is 0 Å². The van der Waals surface area contributed by atoms with Gasteiger partial charge < -0.3 is 14.9 Å².